The number of hydrogen-bond acceptors (Lipinski definition) is 6. The summed E-state index contributed by atoms with van der Waals surface area (Å²) in [6, 6.07) is 9.60. The summed E-state index contributed by atoms with van der Waals surface area (Å²) in [4.78, 5) is 27.1. The Morgan fingerprint density at radius 3 is 2.31 bits per heavy atom. The lowest BCUT2D eigenvalue weighted by Gasteiger charge is -2.43. The second-order valence-corrected chi connectivity index (χ2v) is 15.1. The Kier molecular flexibility index (Phi) is 10.0. The van der Waals surface area contributed by atoms with Crippen LogP contribution in [0.2, 0.25) is 0 Å². The molecule has 1 amide bonds. The molecule has 2 atom stereocenters. The van der Waals surface area contributed by atoms with Gasteiger partial charge in [-0.1, -0.05) is 42.7 Å². The lowest BCUT2D eigenvalue weighted by molar-refractivity contribution is 0.0542. The molecule has 1 aromatic heterocycles. The number of amides is 1. The minimum absolute atomic E-state index is 0.0280. The first-order valence-electron chi connectivity index (χ1n) is 15.9. The van der Waals surface area contributed by atoms with Crippen LogP contribution in [0.5, 0.6) is 0 Å². The van der Waals surface area contributed by atoms with Crippen molar-refractivity contribution >= 4 is 15.9 Å². The van der Waals surface area contributed by atoms with Crippen LogP contribution in [0.4, 0.5) is 0 Å². The fraction of sp³-hybridized carbons (Fsp3) is 0.667. The van der Waals surface area contributed by atoms with Gasteiger partial charge in [-0.15, -0.1) is 0 Å². The fourth-order valence-corrected chi connectivity index (χ4v) is 8.21. The van der Waals surface area contributed by atoms with Gasteiger partial charge in [-0.3, -0.25) is 4.79 Å². The van der Waals surface area contributed by atoms with Gasteiger partial charge < -0.3 is 9.80 Å². The highest BCUT2D eigenvalue weighted by molar-refractivity contribution is 7.88. The Morgan fingerprint density at radius 2 is 1.64 bits per heavy atom. The van der Waals surface area contributed by atoms with Crippen LogP contribution >= 0.6 is 0 Å². The van der Waals surface area contributed by atoms with Crippen LogP contribution in [0.3, 0.4) is 0 Å². The van der Waals surface area contributed by atoms with Crippen LogP contribution in [0.15, 0.2) is 30.6 Å². The van der Waals surface area contributed by atoms with E-state index >= 15 is 0 Å². The molecule has 0 bridgehead atoms. The van der Waals surface area contributed by atoms with Gasteiger partial charge in [-0.05, 0) is 95.7 Å². The number of hydrogen-bond donors (Lipinski definition) is 0. The molecule has 230 valence electrons. The molecule has 8 nitrogen and oxygen atoms in total. The zero-order valence-electron chi connectivity index (χ0n) is 26.0. The van der Waals surface area contributed by atoms with Crippen molar-refractivity contribution in [1.29, 1.82) is 0 Å². The molecule has 1 saturated carbocycles. The van der Waals surface area contributed by atoms with E-state index in [4.69, 9.17) is 0 Å². The third-order valence-corrected chi connectivity index (χ3v) is 11.7. The third kappa shape index (κ3) is 7.40. The normalized spacial score (nSPS) is 23.4. The van der Waals surface area contributed by atoms with Crippen LogP contribution in [0.25, 0.3) is 0 Å². The molecule has 3 fully saturated rings. The van der Waals surface area contributed by atoms with E-state index in [1.54, 1.807) is 13.4 Å². The smallest absolute Gasteiger partial charge is 0.272 e. The second kappa shape index (κ2) is 13.5. The number of sulfonamides is 1. The van der Waals surface area contributed by atoms with Crippen molar-refractivity contribution in [2.24, 2.45) is 5.92 Å². The number of benzene rings is 1. The van der Waals surface area contributed by atoms with Gasteiger partial charge in [0.1, 0.15) is 12.0 Å². The Hall–Kier alpha value is -2.36. The van der Waals surface area contributed by atoms with Crippen LogP contribution in [-0.2, 0) is 16.4 Å². The molecule has 1 aromatic carbocycles. The van der Waals surface area contributed by atoms with E-state index in [9.17, 15) is 13.2 Å². The van der Waals surface area contributed by atoms with Gasteiger partial charge in [0.2, 0.25) is 10.0 Å². The van der Waals surface area contributed by atoms with Crippen molar-refractivity contribution in [2.75, 3.05) is 39.5 Å². The van der Waals surface area contributed by atoms with Crippen molar-refractivity contribution in [3.8, 4) is 0 Å². The van der Waals surface area contributed by atoms with Gasteiger partial charge in [0, 0.05) is 43.5 Å². The quantitative estimate of drug-likeness (QED) is 0.429. The number of carbonyl (C=O) groups is 1. The zero-order valence-corrected chi connectivity index (χ0v) is 26.8. The zero-order chi connectivity index (χ0) is 29.9. The van der Waals surface area contributed by atoms with Crippen molar-refractivity contribution in [3.05, 3.63) is 58.7 Å². The van der Waals surface area contributed by atoms with Gasteiger partial charge in [0.15, 0.2) is 0 Å². The molecule has 9 heteroatoms. The van der Waals surface area contributed by atoms with Gasteiger partial charge in [0.05, 0.1) is 6.26 Å². The lowest BCUT2D eigenvalue weighted by Crippen LogP contribution is -2.52. The molecule has 3 aliphatic rings. The molecule has 2 unspecified atom stereocenters. The molecule has 1 aliphatic carbocycles. The van der Waals surface area contributed by atoms with Gasteiger partial charge in [-0.2, -0.15) is 0 Å². The highest BCUT2D eigenvalue weighted by Gasteiger charge is 2.33. The number of nitrogens with zero attached hydrogens (tertiary/aromatic N) is 5. The highest BCUT2D eigenvalue weighted by atomic mass is 32.2. The summed E-state index contributed by atoms with van der Waals surface area (Å²) >= 11 is 0. The maximum absolute atomic E-state index is 13.6. The molecule has 2 aromatic rings. The third-order valence-electron chi connectivity index (χ3n) is 10.3. The van der Waals surface area contributed by atoms with Crippen LogP contribution in [0, 0.1) is 19.8 Å². The summed E-state index contributed by atoms with van der Waals surface area (Å²) in [6.07, 6.45) is 13.5. The molecule has 5 rings (SSSR count). The number of piperidine rings is 2. The Balaban J connectivity index is 1.11. The Morgan fingerprint density at radius 1 is 0.952 bits per heavy atom. The summed E-state index contributed by atoms with van der Waals surface area (Å²) in [5.74, 6) is 1.37. The number of rotatable bonds is 8. The molecule has 0 radical (unpaired) electrons. The maximum Gasteiger partial charge on any atom is 0.272 e. The summed E-state index contributed by atoms with van der Waals surface area (Å²) in [6.45, 7) is 7.44. The van der Waals surface area contributed by atoms with Crippen molar-refractivity contribution in [1.82, 2.24) is 24.1 Å². The molecule has 3 heterocycles. The Labute approximate surface area is 253 Å². The minimum Gasteiger partial charge on any atom is -0.337 e. The van der Waals surface area contributed by atoms with E-state index in [0.717, 1.165) is 76.0 Å². The monoisotopic (exact) mass is 595 g/mol. The summed E-state index contributed by atoms with van der Waals surface area (Å²) in [5, 5.41) is 0. The van der Waals surface area contributed by atoms with Crippen LogP contribution < -0.4 is 0 Å². The van der Waals surface area contributed by atoms with E-state index in [-0.39, 0.29) is 11.9 Å². The van der Waals surface area contributed by atoms with Crippen LogP contribution in [0.1, 0.15) is 96.6 Å². The van der Waals surface area contributed by atoms with E-state index < -0.39 is 10.0 Å². The SMILES string of the molecule is Cc1ccc(C2CCCC(CCc3ncnc(C(=O)N4CCC(N5CCC(N(C)S(C)(=O)=O)CC5)CC4)c3C)C2)cc1. The molecular formula is C33H49N5O3S. The van der Waals surface area contributed by atoms with E-state index in [0.29, 0.717) is 23.6 Å². The molecule has 0 N–H and O–H groups in total. The predicted octanol–water partition coefficient (Wildman–Crippen LogP) is 4.96. The van der Waals surface area contributed by atoms with Crippen molar-refractivity contribution in [3.63, 3.8) is 0 Å². The average Bonchev–Trinajstić information content (AvgIpc) is 3.00. The first kappa shape index (κ1) is 31.1. The first-order chi connectivity index (χ1) is 20.1. The minimum atomic E-state index is -3.16. The van der Waals surface area contributed by atoms with E-state index in [1.165, 1.54) is 47.4 Å². The maximum atomic E-state index is 13.6. The van der Waals surface area contributed by atoms with Crippen LogP contribution in [-0.4, -0.2) is 90.0 Å². The van der Waals surface area contributed by atoms with Crippen molar-refractivity contribution < 1.29 is 13.2 Å². The van der Waals surface area contributed by atoms with Gasteiger partial charge in [-0.25, -0.2) is 22.7 Å². The molecule has 42 heavy (non-hydrogen) atoms. The Bertz CT molecular complexity index is 1320. The number of carbonyl (C=O) groups excluding carboxylic acids is 1. The standard InChI is InChI=1S/C33H49N5O3S/c1-24-8-11-27(12-9-24)28-7-5-6-26(22-28)10-13-31-25(2)32(35-23-34-31)33(39)38-20-16-30(17-21-38)37-18-14-29(15-19-37)36(3)42(4,40)41/h8-9,11-12,23,26,28-30H,5-7,10,13-22H2,1-4H3. The van der Waals surface area contributed by atoms with Gasteiger partial charge >= 0.3 is 0 Å². The predicted molar refractivity (Wildman–Crippen MR) is 167 cm³/mol. The molecule has 2 aliphatic heterocycles. The number of likely N-dealkylation sites (tertiary alicyclic amines) is 2. The number of aromatic nitrogens is 2. The highest BCUT2D eigenvalue weighted by Crippen LogP contribution is 2.38. The molecular weight excluding hydrogens is 546 g/mol. The lowest BCUT2D eigenvalue weighted by atomic mass is 9.76. The summed E-state index contributed by atoms with van der Waals surface area (Å²) in [5.41, 5.74) is 5.31. The molecule has 0 spiro atoms. The number of aryl methyl sites for hydroxylation is 2. The fourth-order valence-electron chi connectivity index (χ4n) is 7.46. The summed E-state index contributed by atoms with van der Waals surface area (Å²) in [7, 11) is -1.47. The first-order valence-corrected chi connectivity index (χ1v) is 17.8. The summed E-state index contributed by atoms with van der Waals surface area (Å²) < 4.78 is 25.4. The van der Waals surface area contributed by atoms with E-state index in [1.807, 2.05) is 11.8 Å². The van der Waals surface area contributed by atoms with Gasteiger partial charge in [0.25, 0.3) is 5.91 Å². The largest absolute Gasteiger partial charge is 0.337 e. The second-order valence-electron chi connectivity index (χ2n) is 13.0. The average molecular weight is 596 g/mol. The molecule has 2 saturated heterocycles. The van der Waals surface area contributed by atoms with Crippen molar-refractivity contribution in [2.45, 2.75) is 96.1 Å². The van der Waals surface area contributed by atoms with E-state index in [2.05, 4.69) is 46.1 Å². The topological polar surface area (TPSA) is 86.7 Å².